The highest BCUT2D eigenvalue weighted by molar-refractivity contribution is 6.32. The first-order valence-corrected chi connectivity index (χ1v) is 15.5. The van der Waals surface area contributed by atoms with E-state index in [1.54, 1.807) is 36.4 Å². The van der Waals surface area contributed by atoms with E-state index in [-0.39, 0.29) is 31.0 Å². The van der Waals surface area contributed by atoms with Gasteiger partial charge in [0.25, 0.3) is 0 Å². The quantitative estimate of drug-likeness (QED) is 0.172. The molecule has 9 nitrogen and oxygen atoms in total. The van der Waals surface area contributed by atoms with Gasteiger partial charge in [0.1, 0.15) is 36.1 Å². The molecule has 6 rings (SSSR count). The van der Waals surface area contributed by atoms with Gasteiger partial charge in [-0.05, 0) is 67.9 Å². The molecular weight excluding hydrogens is 609 g/mol. The van der Waals surface area contributed by atoms with E-state index in [2.05, 4.69) is 27.0 Å². The first-order chi connectivity index (χ1) is 22.4. The lowest BCUT2D eigenvalue weighted by Gasteiger charge is -2.19. The molecule has 1 aromatic heterocycles. The van der Waals surface area contributed by atoms with Crippen molar-refractivity contribution in [3.05, 3.63) is 100.0 Å². The third-order valence-corrected chi connectivity index (χ3v) is 8.17. The molecular formula is C35H33ClFN5O4. The minimum Gasteiger partial charge on any atom is -0.487 e. The van der Waals surface area contributed by atoms with Crippen LogP contribution in [0.4, 0.5) is 15.8 Å². The number of nitriles is 1. The van der Waals surface area contributed by atoms with E-state index in [0.717, 1.165) is 43.5 Å². The van der Waals surface area contributed by atoms with Crippen molar-refractivity contribution in [1.82, 2.24) is 15.6 Å². The standard InChI is InChI=1S/C35H33ClFN5O4/c36-30-15-27(4-5-32(30)45-20-23-2-1-3-26(37)12-23)42-35-25(17-38)19-40-31-16-33(46-28-8-11-44-21-28)24(14-29(31)35)18-41-34(43)13-22-6-9-39-10-7-22/h1-5,12-16,19,28,39H,6-11,18,20-21H2,(H,40,42)(H,41,43). The number of nitrogens with zero attached hydrogens (tertiary/aromatic N) is 2. The van der Waals surface area contributed by atoms with E-state index in [9.17, 15) is 14.4 Å². The van der Waals surface area contributed by atoms with Crippen molar-refractivity contribution in [2.24, 2.45) is 0 Å². The molecule has 4 aromatic rings. The number of aromatic nitrogens is 1. The van der Waals surface area contributed by atoms with Gasteiger partial charge < -0.3 is 30.2 Å². The van der Waals surface area contributed by atoms with E-state index < -0.39 is 0 Å². The fourth-order valence-corrected chi connectivity index (χ4v) is 5.69. The van der Waals surface area contributed by atoms with Crippen LogP contribution in [0.5, 0.6) is 11.5 Å². The summed E-state index contributed by atoms with van der Waals surface area (Å²) in [6.45, 7) is 3.22. The minimum absolute atomic E-state index is 0.108. The molecule has 2 aliphatic heterocycles. The van der Waals surface area contributed by atoms with E-state index in [1.807, 2.05) is 12.1 Å². The second-order valence-corrected chi connectivity index (χ2v) is 11.6. The van der Waals surface area contributed by atoms with Crippen LogP contribution in [0.25, 0.3) is 10.9 Å². The van der Waals surface area contributed by atoms with Gasteiger partial charge in [-0.1, -0.05) is 29.3 Å². The average Bonchev–Trinajstić information content (AvgIpc) is 3.57. The predicted octanol–water partition coefficient (Wildman–Crippen LogP) is 6.32. The van der Waals surface area contributed by atoms with Crippen LogP contribution in [0.1, 0.15) is 36.0 Å². The third kappa shape index (κ3) is 7.74. The molecule has 2 aliphatic rings. The lowest BCUT2D eigenvalue weighted by Crippen LogP contribution is -2.26. The van der Waals surface area contributed by atoms with Crippen molar-refractivity contribution in [3.63, 3.8) is 0 Å². The molecule has 3 heterocycles. The second kappa shape index (κ2) is 14.6. The van der Waals surface area contributed by atoms with Gasteiger partial charge in [-0.3, -0.25) is 9.78 Å². The molecule has 236 valence electrons. The zero-order valence-corrected chi connectivity index (χ0v) is 25.8. The fraction of sp³-hybridized carbons (Fsp3) is 0.286. The van der Waals surface area contributed by atoms with E-state index in [0.29, 0.717) is 63.1 Å². The molecule has 1 atom stereocenters. The van der Waals surface area contributed by atoms with Crippen molar-refractivity contribution in [3.8, 4) is 17.6 Å². The lowest BCUT2D eigenvalue weighted by atomic mass is 10.0. The Bertz CT molecular complexity index is 1810. The maximum Gasteiger partial charge on any atom is 0.244 e. The third-order valence-electron chi connectivity index (χ3n) is 7.87. The summed E-state index contributed by atoms with van der Waals surface area (Å²) in [6.07, 6.45) is 5.55. The smallest absolute Gasteiger partial charge is 0.244 e. The van der Waals surface area contributed by atoms with Gasteiger partial charge in [0, 0.05) is 47.9 Å². The van der Waals surface area contributed by atoms with Crippen LogP contribution in [0, 0.1) is 17.1 Å². The average molecular weight is 642 g/mol. The van der Waals surface area contributed by atoms with Gasteiger partial charge in [-0.15, -0.1) is 0 Å². The number of ether oxygens (including phenoxy) is 3. The van der Waals surface area contributed by atoms with Crippen molar-refractivity contribution in [1.29, 1.82) is 5.26 Å². The maximum atomic E-state index is 13.6. The van der Waals surface area contributed by atoms with Gasteiger partial charge >= 0.3 is 0 Å². The monoisotopic (exact) mass is 641 g/mol. The molecule has 46 heavy (non-hydrogen) atoms. The molecule has 0 radical (unpaired) electrons. The number of anilines is 2. The molecule has 2 saturated heterocycles. The highest BCUT2D eigenvalue weighted by atomic mass is 35.5. The molecule has 1 amide bonds. The lowest BCUT2D eigenvalue weighted by molar-refractivity contribution is -0.116. The Balaban J connectivity index is 1.27. The van der Waals surface area contributed by atoms with E-state index in [4.69, 9.17) is 25.8 Å². The number of rotatable bonds is 10. The number of carbonyl (C=O) groups is 1. The van der Waals surface area contributed by atoms with Crippen molar-refractivity contribution in [2.45, 2.75) is 38.5 Å². The van der Waals surface area contributed by atoms with E-state index >= 15 is 0 Å². The van der Waals surface area contributed by atoms with Crippen molar-refractivity contribution in [2.75, 3.05) is 31.6 Å². The Morgan fingerprint density at radius 3 is 2.80 bits per heavy atom. The number of carbonyl (C=O) groups excluding carboxylic acids is 1. The molecule has 11 heteroatoms. The summed E-state index contributed by atoms with van der Waals surface area (Å²) in [4.78, 5) is 17.4. The van der Waals surface area contributed by atoms with Crippen LogP contribution in [0.15, 0.2) is 72.4 Å². The summed E-state index contributed by atoms with van der Waals surface area (Å²) in [5.74, 6) is 0.537. The van der Waals surface area contributed by atoms with Crippen LogP contribution in [0.3, 0.4) is 0 Å². The zero-order chi connectivity index (χ0) is 31.9. The molecule has 0 saturated carbocycles. The van der Waals surface area contributed by atoms with Gasteiger partial charge in [0.05, 0.1) is 35.0 Å². The van der Waals surface area contributed by atoms with E-state index in [1.165, 1.54) is 18.3 Å². The molecule has 0 bridgehead atoms. The Kier molecular flexibility index (Phi) is 9.94. The molecule has 3 N–H and O–H groups in total. The second-order valence-electron chi connectivity index (χ2n) is 11.2. The Hall–Kier alpha value is -4.69. The topological polar surface area (TPSA) is 118 Å². The number of piperidine rings is 1. The largest absolute Gasteiger partial charge is 0.487 e. The number of fused-ring (bicyclic) bond motifs is 1. The number of pyridine rings is 1. The highest BCUT2D eigenvalue weighted by Gasteiger charge is 2.21. The first-order valence-electron chi connectivity index (χ1n) is 15.2. The maximum absolute atomic E-state index is 13.6. The van der Waals surface area contributed by atoms with Crippen LogP contribution in [-0.2, 0) is 22.7 Å². The SMILES string of the molecule is N#Cc1cnc2cc(OC3CCOC3)c(CNC(=O)C=C3CCNCC3)cc2c1Nc1ccc(OCc2cccc(F)c2)c(Cl)c1. The van der Waals surface area contributed by atoms with Crippen LogP contribution in [0.2, 0.25) is 5.02 Å². The molecule has 1 unspecified atom stereocenters. The molecule has 0 spiro atoms. The first kappa shape index (κ1) is 31.3. The van der Waals surface area contributed by atoms with Crippen molar-refractivity contribution < 1.29 is 23.4 Å². The van der Waals surface area contributed by atoms with Crippen LogP contribution < -0.4 is 25.4 Å². The summed E-state index contributed by atoms with van der Waals surface area (Å²) in [5, 5.41) is 20.7. The Morgan fingerprint density at radius 2 is 2.04 bits per heavy atom. The minimum atomic E-state index is -0.337. The number of halogens is 2. The summed E-state index contributed by atoms with van der Waals surface area (Å²) < 4.78 is 31.2. The predicted molar refractivity (Wildman–Crippen MR) is 174 cm³/mol. The highest BCUT2D eigenvalue weighted by Crippen LogP contribution is 2.36. The van der Waals surface area contributed by atoms with Crippen molar-refractivity contribution >= 4 is 39.8 Å². The summed E-state index contributed by atoms with van der Waals surface area (Å²) >= 11 is 6.56. The van der Waals surface area contributed by atoms with Gasteiger partial charge in [-0.25, -0.2) is 4.39 Å². The van der Waals surface area contributed by atoms with Gasteiger partial charge in [0.15, 0.2) is 0 Å². The molecule has 2 fully saturated rings. The Morgan fingerprint density at radius 1 is 1.17 bits per heavy atom. The van der Waals surface area contributed by atoms with Crippen LogP contribution >= 0.6 is 11.6 Å². The summed E-state index contributed by atoms with van der Waals surface area (Å²) in [5.41, 5.74) is 4.65. The number of hydrogen-bond donors (Lipinski definition) is 3. The molecule has 3 aromatic carbocycles. The van der Waals surface area contributed by atoms with Gasteiger partial charge in [-0.2, -0.15) is 5.26 Å². The Labute approximate surface area is 271 Å². The fourth-order valence-electron chi connectivity index (χ4n) is 5.46. The normalized spacial score (nSPS) is 16.1. The zero-order valence-electron chi connectivity index (χ0n) is 25.1. The summed E-state index contributed by atoms with van der Waals surface area (Å²) in [7, 11) is 0. The number of nitrogens with one attached hydrogen (secondary N) is 3. The number of amides is 1. The van der Waals surface area contributed by atoms with Crippen LogP contribution in [-0.4, -0.2) is 43.3 Å². The van der Waals surface area contributed by atoms with Gasteiger partial charge in [0.2, 0.25) is 5.91 Å². The summed E-state index contributed by atoms with van der Waals surface area (Å²) in [6, 6.07) is 17.3. The number of benzene rings is 3. The molecule has 0 aliphatic carbocycles. The number of hydrogen-bond acceptors (Lipinski definition) is 8.